The van der Waals surface area contributed by atoms with Crippen molar-refractivity contribution < 1.29 is 14.3 Å². The molecule has 41 heavy (non-hydrogen) atoms. The van der Waals surface area contributed by atoms with Crippen LogP contribution in [0.15, 0.2) is 93.1 Å². The van der Waals surface area contributed by atoms with Crippen LogP contribution in [0, 0.1) is 12.3 Å². The standard InChI is InChI=1S/C32H25ClN2O4S2/c1-4-17-39-25-16-13-23(33)18-22(25)19-26-30(36)35-29(21-11-14-24(40-3)15-12-21)27(31(37)38-5-2)28(34-32(35)41-26)20-9-7-6-8-10-20/h1,6-16,18-19,29H,5,17H2,2-3H3/b26-19-/t29-/m0/s1. The molecule has 2 heterocycles. The lowest BCUT2D eigenvalue weighted by atomic mass is 9.93. The van der Waals surface area contributed by atoms with Gasteiger partial charge in [0.15, 0.2) is 4.80 Å². The van der Waals surface area contributed by atoms with E-state index in [1.165, 1.54) is 11.3 Å². The molecule has 0 radical (unpaired) electrons. The Morgan fingerprint density at radius 3 is 2.61 bits per heavy atom. The van der Waals surface area contributed by atoms with Gasteiger partial charge in [0.25, 0.3) is 5.56 Å². The zero-order chi connectivity index (χ0) is 28.9. The number of fused-ring (bicyclic) bond motifs is 1. The average molecular weight is 601 g/mol. The normalized spacial score (nSPS) is 14.7. The van der Waals surface area contributed by atoms with Crippen molar-refractivity contribution in [2.75, 3.05) is 19.5 Å². The Morgan fingerprint density at radius 1 is 1.17 bits per heavy atom. The third-order valence-corrected chi connectivity index (χ3v) is 8.34. The minimum Gasteiger partial charge on any atom is -0.480 e. The minimum atomic E-state index is -0.755. The molecule has 0 amide bonds. The number of nitrogens with zero attached hydrogens (tertiary/aromatic N) is 2. The van der Waals surface area contributed by atoms with Gasteiger partial charge in [-0.1, -0.05) is 71.3 Å². The van der Waals surface area contributed by atoms with Gasteiger partial charge < -0.3 is 9.47 Å². The highest BCUT2D eigenvalue weighted by atomic mass is 35.5. The van der Waals surface area contributed by atoms with Gasteiger partial charge in [-0.15, -0.1) is 18.2 Å². The number of rotatable bonds is 8. The van der Waals surface area contributed by atoms with Gasteiger partial charge in [-0.25, -0.2) is 9.79 Å². The van der Waals surface area contributed by atoms with Gasteiger partial charge in [0.2, 0.25) is 0 Å². The number of carbonyl (C=O) groups is 1. The number of aromatic nitrogens is 1. The molecule has 0 unspecified atom stereocenters. The maximum absolute atomic E-state index is 14.1. The van der Waals surface area contributed by atoms with Crippen LogP contribution in [0.2, 0.25) is 5.02 Å². The van der Waals surface area contributed by atoms with Crippen LogP contribution in [-0.4, -0.2) is 30.0 Å². The first-order valence-corrected chi connectivity index (χ1v) is 15.1. The number of esters is 1. The number of hydrogen-bond donors (Lipinski definition) is 0. The molecule has 6 nitrogen and oxygen atoms in total. The summed E-state index contributed by atoms with van der Waals surface area (Å²) in [6.45, 7) is 2.00. The molecule has 1 atom stereocenters. The van der Waals surface area contributed by atoms with E-state index in [0.29, 0.717) is 36.9 Å². The topological polar surface area (TPSA) is 69.9 Å². The van der Waals surface area contributed by atoms with E-state index in [1.54, 1.807) is 47.5 Å². The molecule has 1 aliphatic heterocycles. The largest absolute Gasteiger partial charge is 0.480 e. The van der Waals surface area contributed by atoms with Crippen molar-refractivity contribution in [3.63, 3.8) is 0 Å². The predicted molar refractivity (Wildman–Crippen MR) is 165 cm³/mol. The van der Waals surface area contributed by atoms with Gasteiger partial charge in [0.05, 0.1) is 28.5 Å². The maximum atomic E-state index is 14.1. The molecule has 3 aromatic carbocycles. The molecule has 0 bridgehead atoms. The van der Waals surface area contributed by atoms with Crippen LogP contribution in [0.3, 0.4) is 0 Å². The fraction of sp³-hybridized carbons (Fsp3) is 0.156. The molecule has 0 N–H and O–H groups in total. The number of hydrogen-bond acceptors (Lipinski definition) is 7. The average Bonchev–Trinajstić information content (AvgIpc) is 3.30. The van der Waals surface area contributed by atoms with E-state index in [1.807, 2.05) is 60.9 Å². The van der Waals surface area contributed by atoms with E-state index in [9.17, 15) is 9.59 Å². The lowest BCUT2D eigenvalue weighted by molar-refractivity contribution is -0.138. The second-order valence-electron chi connectivity index (χ2n) is 8.88. The first kappa shape index (κ1) is 28.5. The molecule has 1 aliphatic rings. The molecular weight excluding hydrogens is 576 g/mol. The fourth-order valence-corrected chi connectivity index (χ4v) is 6.15. The summed E-state index contributed by atoms with van der Waals surface area (Å²) in [5.41, 5.74) is 2.59. The van der Waals surface area contributed by atoms with E-state index < -0.39 is 12.0 Å². The molecule has 0 spiro atoms. The first-order valence-electron chi connectivity index (χ1n) is 12.7. The predicted octanol–water partition coefficient (Wildman–Crippen LogP) is 5.32. The number of terminal acetylenes is 1. The van der Waals surface area contributed by atoms with Crippen molar-refractivity contribution in [1.29, 1.82) is 0 Å². The van der Waals surface area contributed by atoms with Crippen LogP contribution in [0.4, 0.5) is 0 Å². The van der Waals surface area contributed by atoms with E-state index in [4.69, 9.17) is 32.5 Å². The second-order valence-corrected chi connectivity index (χ2v) is 11.2. The summed E-state index contributed by atoms with van der Waals surface area (Å²) in [6, 6.07) is 21.6. The molecule has 4 aromatic rings. The van der Waals surface area contributed by atoms with E-state index in [2.05, 4.69) is 5.92 Å². The van der Waals surface area contributed by atoms with Crippen LogP contribution in [-0.2, 0) is 9.53 Å². The van der Waals surface area contributed by atoms with Crippen molar-refractivity contribution in [2.24, 2.45) is 4.99 Å². The monoisotopic (exact) mass is 600 g/mol. The fourth-order valence-electron chi connectivity index (χ4n) is 4.57. The van der Waals surface area contributed by atoms with Gasteiger partial charge in [-0.05, 0) is 55.2 Å². The molecule has 206 valence electrons. The van der Waals surface area contributed by atoms with Gasteiger partial charge in [0, 0.05) is 21.0 Å². The molecule has 0 aliphatic carbocycles. The first-order chi connectivity index (χ1) is 19.9. The molecule has 0 fully saturated rings. The SMILES string of the molecule is C#CCOc1ccc(Cl)cc1/C=c1\sc2n(c1=O)[C@@H](c1ccc(SC)cc1)C(C(=O)OCC)=C(c1ccccc1)N=2. The van der Waals surface area contributed by atoms with E-state index in [-0.39, 0.29) is 18.8 Å². The summed E-state index contributed by atoms with van der Waals surface area (Å²) in [6.07, 6.45) is 9.10. The minimum absolute atomic E-state index is 0.0686. The number of carbonyl (C=O) groups excluding carboxylic acids is 1. The Kier molecular flexibility index (Phi) is 8.79. The number of halogens is 1. The third-order valence-electron chi connectivity index (χ3n) is 6.37. The summed E-state index contributed by atoms with van der Waals surface area (Å²) in [4.78, 5) is 34.1. The van der Waals surface area contributed by atoms with Crippen LogP contribution in [0.1, 0.15) is 29.7 Å². The molecule has 9 heteroatoms. The summed E-state index contributed by atoms with van der Waals surface area (Å²) >= 11 is 9.12. The van der Waals surface area contributed by atoms with Gasteiger partial charge >= 0.3 is 5.97 Å². The van der Waals surface area contributed by atoms with Gasteiger partial charge in [0.1, 0.15) is 12.4 Å². The molecular formula is C32H25ClN2O4S2. The Balaban J connectivity index is 1.80. The van der Waals surface area contributed by atoms with Crippen molar-refractivity contribution >= 4 is 52.4 Å². The van der Waals surface area contributed by atoms with Gasteiger partial charge in [-0.3, -0.25) is 9.36 Å². The summed E-state index contributed by atoms with van der Waals surface area (Å²) < 4.78 is 13.2. The number of thioether (sulfide) groups is 1. The molecule has 1 aromatic heterocycles. The summed E-state index contributed by atoms with van der Waals surface area (Å²) in [7, 11) is 0. The number of ether oxygens (including phenoxy) is 2. The van der Waals surface area contributed by atoms with Crippen LogP contribution in [0.5, 0.6) is 5.75 Å². The molecule has 0 saturated carbocycles. The van der Waals surface area contributed by atoms with Crippen molar-refractivity contribution in [3.05, 3.63) is 120 Å². The maximum Gasteiger partial charge on any atom is 0.338 e. The number of thiazole rings is 1. The van der Waals surface area contributed by atoms with Crippen LogP contribution >= 0.6 is 34.7 Å². The molecule has 0 saturated heterocycles. The lowest BCUT2D eigenvalue weighted by Gasteiger charge is -2.26. The van der Waals surface area contributed by atoms with Gasteiger partial charge in [-0.2, -0.15) is 0 Å². The van der Waals surface area contributed by atoms with Crippen LogP contribution in [0.25, 0.3) is 11.8 Å². The Morgan fingerprint density at radius 2 is 1.93 bits per heavy atom. The zero-order valence-electron chi connectivity index (χ0n) is 22.3. The van der Waals surface area contributed by atoms with Crippen molar-refractivity contribution in [3.8, 4) is 18.1 Å². The Labute approximate surface area is 250 Å². The smallest absolute Gasteiger partial charge is 0.338 e. The second kappa shape index (κ2) is 12.6. The highest BCUT2D eigenvalue weighted by Gasteiger charge is 2.35. The Hall–Kier alpha value is -4.03. The summed E-state index contributed by atoms with van der Waals surface area (Å²) in [5.74, 6) is 2.43. The van der Waals surface area contributed by atoms with E-state index in [0.717, 1.165) is 16.0 Å². The van der Waals surface area contributed by atoms with Crippen molar-refractivity contribution in [2.45, 2.75) is 17.9 Å². The van der Waals surface area contributed by atoms with E-state index >= 15 is 0 Å². The van der Waals surface area contributed by atoms with Crippen LogP contribution < -0.4 is 19.6 Å². The quantitative estimate of drug-likeness (QED) is 0.155. The third kappa shape index (κ3) is 5.89. The summed E-state index contributed by atoms with van der Waals surface area (Å²) in [5, 5.41) is 0.486. The highest BCUT2D eigenvalue weighted by Crippen LogP contribution is 2.35. The van der Waals surface area contributed by atoms with Crippen molar-refractivity contribution in [1.82, 2.24) is 4.57 Å². The Bertz CT molecular complexity index is 1850. The zero-order valence-corrected chi connectivity index (χ0v) is 24.7. The number of benzene rings is 3. The lowest BCUT2D eigenvalue weighted by Crippen LogP contribution is -2.40. The molecule has 5 rings (SSSR count). The highest BCUT2D eigenvalue weighted by molar-refractivity contribution is 7.98.